The maximum atomic E-state index is 10.5. The molecule has 1 heterocycles. The number of aliphatic hydroxyl groups excluding tert-OH is 3. The highest BCUT2D eigenvalue weighted by Crippen LogP contribution is 2.36. The van der Waals surface area contributed by atoms with Gasteiger partial charge in [-0.05, 0) is 49.7 Å². The first-order valence-electron chi connectivity index (χ1n) is 9.57. The molecule has 0 aliphatic heterocycles. The van der Waals surface area contributed by atoms with E-state index in [0.29, 0.717) is 38.5 Å². The summed E-state index contributed by atoms with van der Waals surface area (Å²) in [4.78, 5) is 10.5. The predicted octanol–water partition coefficient (Wildman–Crippen LogP) is 2.69. The van der Waals surface area contributed by atoms with Gasteiger partial charge in [0.25, 0.3) is 0 Å². The van der Waals surface area contributed by atoms with E-state index in [9.17, 15) is 20.1 Å². The molecule has 0 aromatic carbocycles. The molecule has 1 aliphatic carbocycles. The Hall–Kier alpha value is -1.89. The van der Waals surface area contributed by atoms with Crippen LogP contribution in [-0.2, 0) is 11.2 Å². The number of aliphatic hydroxyl groups is 3. The fraction of sp³-hybridized carbons (Fsp3) is 0.571. The van der Waals surface area contributed by atoms with Crippen LogP contribution < -0.4 is 0 Å². The molecule has 4 N–H and O–H groups in total. The zero-order valence-electron chi connectivity index (χ0n) is 15.5. The van der Waals surface area contributed by atoms with Gasteiger partial charge in [-0.25, -0.2) is 0 Å². The SMILES string of the molecule is O=C(O)CCC/C=C\C[C@H]1C(O)CC(O)[C@@H]1/C=C/C(O)CCc1ccoc1. The van der Waals surface area contributed by atoms with Crippen LogP contribution in [0.15, 0.2) is 47.3 Å². The second kappa shape index (κ2) is 11.1. The first-order valence-corrected chi connectivity index (χ1v) is 9.57. The van der Waals surface area contributed by atoms with Crippen LogP contribution in [-0.4, -0.2) is 44.7 Å². The van der Waals surface area contributed by atoms with E-state index in [1.54, 1.807) is 18.6 Å². The highest BCUT2D eigenvalue weighted by molar-refractivity contribution is 5.66. The van der Waals surface area contributed by atoms with Gasteiger partial charge in [0.2, 0.25) is 0 Å². The molecule has 1 saturated carbocycles. The lowest BCUT2D eigenvalue weighted by Crippen LogP contribution is -2.20. The zero-order chi connectivity index (χ0) is 19.6. The molecule has 1 aromatic heterocycles. The number of hydrogen-bond acceptors (Lipinski definition) is 5. The molecule has 0 spiro atoms. The summed E-state index contributed by atoms with van der Waals surface area (Å²) in [5.41, 5.74) is 1.03. The average Bonchev–Trinajstić information content (AvgIpc) is 3.22. The third-order valence-corrected chi connectivity index (χ3v) is 5.12. The summed E-state index contributed by atoms with van der Waals surface area (Å²) in [5, 5.41) is 39.2. The number of furan rings is 1. The van der Waals surface area contributed by atoms with E-state index < -0.39 is 24.3 Å². The summed E-state index contributed by atoms with van der Waals surface area (Å²) in [5.74, 6) is -1.10. The predicted molar refractivity (Wildman–Crippen MR) is 101 cm³/mol. The minimum atomic E-state index is -0.797. The molecule has 27 heavy (non-hydrogen) atoms. The highest BCUT2D eigenvalue weighted by atomic mass is 16.4. The first kappa shape index (κ1) is 21.4. The van der Waals surface area contributed by atoms with Crippen molar-refractivity contribution in [2.45, 2.75) is 63.3 Å². The van der Waals surface area contributed by atoms with Crippen molar-refractivity contribution in [3.63, 3.8) is 0 Å². The summed E-state index contributed by atoms with van der Waals surface area (Å²) >= 11 is 0. The van der Waals surface area contributed by atoms with Gasteiger partial charge >= 0.3 is 5.97 Å². The van der Waals surface area contributed by atoms with Crippen LogP contribution in [0.3, 0.4) is 0 Å². The lowest BCUT2D eigenvalue weighted by Gasteiger charge is -2.19. The van der Waals surface area contributed by atoms with Gasteiger partial charge in [0.05, 0.1) is 30.8 Å². The van der Waals surface area contributed by atoms with E-state index in [1.165, 1.54) is 0 Å². The fourth-order valence-corrected chi connectivity index (χ4v) is 3.55. The van der Waals surface area contributed by atoms with Crippen LogP contribution in [0.25, 0.3) is 0 Å². The van der Waals surface area contributed by atoms with E-state index in [-0.39, 0.29) is 18.3 Å². The van der Waals surface area contributed by atoms with Crippen molar-refractivity contribution in [2.75, 3.05) is 0 Å². The van der Waals surface area contributed by atoms with E-state index >= 15 is 0 Å². The number of carboxylic acid groups (broad SMARTS) is 1. The van der Waals surface area contributed by atoms with E-state index in [2.05, 4.69) is 0 Å². The maximum absolute atomic E-state index is 10.5. The molecule has 0 amide bonds. The third-order valence-electron chi connectivity index (χ3n) is 5.12. The van der Waals surface area contributed by atoms with Crippen LogP contribution >= 0.6 is 0 Å². The Bertz CT molecular complexity index is 606. The van der Waals surface area contributed by atoms with Crippen LogP contribution in [0, 0.1) is 11.8 Å². The Labute approximate surface area is 159 Å². The van der Waals surface area contributed by atoms with Crippen molar-refractivity contribution in [3.05, 3.63) is 48.5 Å². The summed E-state index contributed by atoms with van der Waals surface area (Å²) in [7, 11) is 0. The van der Waals surface area contributed by atoms with Crippen molar-refractivity contribution < 1.29 is 29.6 Å². The summed E-state index contributed by atoms with van der Waals surface area (Å²) < 4.78 is 5.01. The highest BCUT2D eigenvalue weighted by Gasteiger charge is 2.39. The zero-order valence-corrected chi connectivity index (χ0v) is 15.5. The van der Waals surface area contributed by atoms with Crippen molar-refractivity contribution in [1.29, 1.82) is 0 Å². The molecule has 1 aromatic rings. The van der Waals surface area contributed by atoms with Crippen molar-refractivity contribution >= 4 is 5.97 Å². The molecule has 150 valence electrons. The Morgan fingerprint density at radius 1 is 1.30 bits per heavy atom. The third kappa shape index (κ3) is 7.33. The lowest BCUT2D eigenvalue weighted by atomic mass is 9.89. The first-order chi connectivity index (χ1) is 13.0. The Balaban J connectivity index is 1.81. The molecule has 5 atom stereocenters. The van der Waals surface area contributed by atoms with Gasteiger partial charge in [-0.15, -0.1) is 0 Å². The molecule has 6 heteroatoms. The molecule has 0 bridgehead atoms. The van der Waals surface area contributed by atoms with Gasteiger partial charge in [-0.2, -0.15) is 0 Å². The topological polar surface area (TPSA) is 111 Å². The van der Waals surface area contributed by atoms with Crippen LogP contribution in [0.4, 0.5) is 0 Å². The second-order valence-electron chi connectivity index (χ2n) is 7.23. The van der Waals surface area contributed by atoms with E-state index in [0.717, 1.165) is 5.56 Å². The Morgan fingerprint density at radius 3 is 2.81 bits per heavy atom. The van der Waals surface area contributed by atoms with Crippen LogP contribution in [0.2, 0.25) is 0 Å². The van der Waals surface area contributed by atoms with Crippen LogP contribution in [0.1, 0.15) is 44.1 Å². The van der Waals surface area contributed by atoms with Crippen molar-refractivity contribution in [3.8, 4) is 0 Å². The van der Waals surface area contributed by atoms with Crippen molar-refractivity contribution in [2.24, 2.45) is 11.8 Å². The number of allylic oxidation sites excluding steroid dienone is 2. The number of aryl methyl sites for hydroxylation is 1. The van der Waals surface area contributed by atoms with Crippen molar-refractivity contribution in [1.82, 2.24) is 0 Å². The molecule has 2 rings (SSSR count). The molecule has 1 aliphatic rings. The number of carbonyl (C=O) groups is 1. The van der Waals surface area contributed by atoms with E-state index in [4.69, 9.17) is 9.52 Å². The second-order valence-corrected chi connectivity index (χ2v) is 7.23. The average molecular weight is 378 g/mol. The van der Waals surface area contributed by atoms with Crippen LogP contribution in [0.5, 0.6) is 0 Å². The standard InChI is InChI=1S/C21H30O6/c22-16(8-7-15-11-12-27-14-15)9-10-18-17(19(23)13-20(18)24)5-3-1-2-4-6-21(25)26/h1,3,9-12,14,16-20,22-24H,2,4-8,13H2,(H,25,26)/b3-1-,10-9+/t16?,17-,18-,19?,20?/m1/s1. The summed E-state index contributed by atoms with van der Waals surface area (Å²) in [6.07, 6.45) is 12.5. The molecule has 6 nitrogen and oxygen atoms in total. The van der Waals surface area contributed by atoms with E-state index in [1.807, 2.05) is 24.3 Å². The van der Waals surface area contributed by atoms with Gasteiger partial charge in [0, 0.05) is 18.8 Å². The number of hydrogen-bond donors (Lipinski definition) is 4. The minimum Gasteiger partial charge on any atom is -0.481 e. The normalized spacial score (nSPS) is 26.9. The number of aliphatic carboxylic acids is 1. The fourth-order valence-electron chi connectivity index (χ4n) is 3.55. The molecule has 0 radical (unpaired) electrons. The molecular weight excluding hydrogens is 348 g/mol. The minimum absolute atomic E-state index is 0.104. The number of rotatable bonds is 11. The summed E-state index contributed by atoms with van der Waals surface area (Å²) in [6.45, 7) is 0. The van der Waals surface area contributed by atoms with Gasteiger partial charge < -0.3 is 24.8 Å². The lowest BCUT2D eigenvalue weighted by molar-refractivity contribution is -0.137. The van der Waals surface area contributed by atoms with Gasteiger partial charge in [0.1, 0.15) is 0 Å². The summed E-state index contributed by atoms with van der Waals surface area (Å²) in [6, 6.07) is 1.87. The van der Waals surface area contributed by atoms with Gasteiger partial charge in [-0.1, -0.05) is 24.3 Å². The Morgan fingerprint density at radius 2 is 2.11 bits per heavy atom. The molecule has 0 saturated heterocycles. The monoisotopic (exact) mass is 378 g/mol. The molecule has 3 unspecified atom stereocenters. The number of unbranched alkanes of at least 4 members (excludes halogenated alkanes) is 1. The van der Waals surface area contributed by atoms with Gasteiger partial charge in [0.15, 0.2) is 0 Å². The maximum Gasteiger partial charge on any atom is 0.303 e. The molecule has 1 fully saturated rings. The number of carboxylic acids is 1. The molecular formula is C21H30O6. The quantitative estimate of drug-likeness (QED) is 0.348. The Kier molecular flexibility index (Phi) is 8.78. The smallest absolute Gasteiger partial charge is 0.303 e. The van der Waals surface area contributed by atoms with Gasteiger partial charge in [-0.3, -0.25) is 4.79 Å². The largest absolute Gasteiger partial charge is 0.481 e.